The Hall–Kier alpha value is -2.03. The van der Waals surface area contributed by atoms with E-state index in [1.54, 1.807) is 7.05 Å². The number of aliphatic imine (C=N–C) groups is 1. The standard InChI is InChI=1S/C20H22FN3O2.HI/c1-22-19(23-11-14-2-7-17-18(10-14)26-13-25-17)24-12-20(8-9-20)15-3-5-16(21)6-4-15;/h2-7,10H,8-9,11-13H2,1H3,(H2,22,23,24);1H. The van der Waals surface area contributed by atoms with Gasteiger partial charge in [0, 0.05) is 25.6 Å². The van der Waals surface area contributed by atoms with E-state index < -0.39 is 0 Å². The Labute approximate surface area is 175 Å². The van der Waals surface area contributed by atoms with Crippen LogP contribution in [0.5, 0.6) is 11.5 Å². The van der Waals surface area contributed by atoms with Crippen molar-refractivity contribution in [3.8, 4) is 11.5 Å². The van der Waals surface area contributed by atoms with E-state index >= 15 is 0 Å². The second kappa shape index (κ2) is 8.33. The van der Waals surface area contributed by atoms with E-state index in [1.165, 1.54) is 17.7 Å². The average molecular weight is 483 g/mol. The monoisotopic (exact) mass is 483 g/mol. The zero-order valence-electron chi connectivity index (χ0n) is 15.1. The second-order valence-corrected chi connectivity index (χ2v) is 6.75. The van der Waals surface area contributed by atoms with Gasteiger partial charge < -0.3 is 20.1 Å². The summed E-state index contributed by atoms with van der Waals surface area (Å²) < 4.78 is 23.9. The number of hydrogen-bond acceptors (Lipinski definition) is 3. The van der Waals surface area contributed by atoms with Crippen LogP contribution < -0.4 is 20.1 Å². The molecule has 2 aromatic carbocycles. The van der Waals surface area contributed by atoms with Gasteiger partial charge in [0.15, 0.2) is 17.5 Å². The molecular formula is C20H23FIN3O2. The highest BCUT2D eigenvalue weighted by Crippen LogP contribution is 2.47. The van der Waals surface area contributed by atoms with Gasteiger partial charge in [0.2, 0.25) is 6.79 Å². The third-order valence-electron chi connectivity index (χ3n) is 5.02. The van der Waals surface area contributed by atoms with E-state index in [0.717, 1.165) is 42.4 Å². The molecule has 5 nitrogen and oxygen atoms in total. The first-order chi connectivity index (χ1) is 12.7. The van der Waals surface area contributed by atoms with E-state index in [-0.39, 0.29) is 42.0 Å². The van der Waals surface area contributed by atoms with Crippen molar-refractivity contribution in [2.24, 2.45) is 4.99 Å². The highest BCUT2D eigenvalue weighted by molar-refractivity contribution is 14.0. The van der Waals surface area contributed by atoms with Crippen LogP contribution in [0.15, 0.2) is 47.5 Å². The minimum atomic E-state index is -0.196. The fourth-order valence-corrected chi connectivity index (χ4v) is 3.23. The summed E-state index contributed by atoms with van der Waals surface area (Å²) in [5.41, 5.74) is 2.36. The van der Waals surface area contributed by atoms with Crippen molar-refractivity contribution >= 4 is 29.9 Å². The molecule has 7 heteroatoms. The summed E-state index contributed by atoms with van der Waals surface area (Å²) in [6.07, 6.45) is 2.20. The van der Waals surface area contributed by atoms with Crippen molar-refractivity contribution in [3.05, 3.63) is 59.4 Å². The summed E-state index contributed by atoms with van der Waals surface area (Å²) in [5, 5.41) is 6.72. The molecule has 4 rings (SSSR count). The summed E-state index contributed by atoms with van der Waals surface area (Å²) >= 11 is 0. The van der Waals surface area contributed by atoms with Gasteiger partial charge in [-0.05, 0) is 48.2 Å². The van der Waals surface area contributed by atoms with Crippen molar-refractivity contribution in [1.29, 1.82) is 0 Å². The maximum Gasteiger partial charge on any atom is 0.231 e. The first-order valence-electron chi connectivity index (χ1n) is 8.78. The molecule has 0 amide bonds. The average Bonchev–Trinajstić information content (AvgIpc) is 3.31. The number of benzene rings is 2. The predicted molar refractivity (Wildman–Crippen MR) is 113 cm³/mol. The summed E-state index contributed by atoms with van der Waals surface area (Å²) in [4.78, 5) is 4.29. The number of halogens is 2. The van der Waals surface area contributed by atoms with E-state index in [0.29, 0.717) is 6.54 Å². The zero-order valence-corrected chi connectivity index (χ0v) is 17.5. The van der Waals surface area contributed by atoms with Gasteiger partial charge in [-0.15, -0.1) is 24.0 Å². The largest absolute Gasteiger partial charge is 0.454 e. The molecule has 0 spiro atoms. The van der Waals surface area contributed by atoms with E-state index in [1.807, 2.05) is 30.3 Å². The van der Waals surface area contributed by atoms with Crippen molar-refractivity contribution < 1.29 is 13.9 Å². The first kappa shape index (κ1) is 19.7. The lowest BCUT2D eigenvalue weighted by Crippen LogP contribution is -2.40. The maximum absolute atomic E-state index is 13.1. The fourth-order valence-electron chi connectivity index (χ4n) is 3.23. The molecular weight excluding hydrogens is 460 g/mol. The molecule has 0 saturated heterocycles. The first-order valence-corrected chi connectivity index (χ1v) is 8.78. The fraction of sp³-hybridized carbons (Fsp3) is 0.350. The number of nitrogens with one attached hydrogen (secondary N) is 2. The summed E-state index contributed by atoms with van der Waals surface area (Å²) in [6.45, 7) is 1.69. The van der Waals surface area contributed by atoms with Crippen molar-refractivity contribution in [3.63, 3.8) is 0 Å². The van der Waals surface area contributed by atoms with Gasteiger partial charge in [-0.3, -0.25) is 4.99 Å². The molecule has 144 valence electrons. The van der Waals surface area contributed by atoms with Crippen LogP contribution in [0.2, 0.25) is 0 Å². The Morgan fingerprint density at radius 1 is 1.07 bits per heavy atom. The van der Waals surface area contributed by atoms with Crippen LogP contribution in [-0.2, 0) is 12.0 Å². The topological polar surface area (TPSA) is 54.9 Å². The molecule has 27 heavy (non-hydrogen) atoms. The highest BCUT2D eigenvalue weighted by Gasteiger charge is 2.44. The number of hydrogen-bond donors (Lipinski definition) is 2. The summed E-state index contributed by atoms with van der Waals surface area (Å²) in [6, 6.07) is 12.7. The quantitative estimate of drug-likeness (QED) is 0.388. The molecule has 0 aromatic heterocycles. The molecule has 0 atom stereocenters. The Bertz CT molecular complexity index is 822. The van der Waals surface area contributed by atoms with Crippen LogP contribution in [0.1, 0.15) is 24.0 Å². The number of nitrogens with zero attached hydrogens (tertiary/aromatic N) is 1. The smallest absolute Gasteiger partial charge is 0.231 e. The Morgan fingerprint density at radius 2 is 1.81 bits per heavy atom. The minimum absolute atomic E-state index is 0. The van der Waals surface area contributed by atoms with Gasteiger partial charge in [-0.1, -0.05) is 18.2 Å². The van der Waals surface area contributed by atoms with Crippen LogP contribution in [-0.4, -0.2) is 26.3 Å². The maximum atomic E-state index is 13.1. The van der Waals surface area contributed by atoms with Crippen LogP contribution in [0.4, 0.5) is 4.39 Å². The lowest BCUT2D eigenvalue weighted by Gasteiger charge is -2.19. The van der Waals surface area contributed by atoms with Crippen LogP contribution in [0, 0.1) is 5.82 Å². The highest BCUT2D eigenvalue weighted by atomic mass is 127. The van der Waals surface area contributed by atoms with Gasteiger partial charge in [0.25, 0.3) is 0 Å². The van der Waals surface area contributed by atoms with Crippen molar-refractivity contribution in [2.45, 2.75) is 24.8 Å². The zero-order chi connectivity index (χ0) is 18.0. The summed E-state index contributed by atoms with van der Waals surface area (Å²) in [5.74, 6) is 2.11. The number of ether oxygens (including phenoxy) is 2. The Kier molecular flexibility index (Phi) is 6.08. The Morgan fingerprint density at radius 3 is 2.52 bits per heavy atom. The minimum Gasteiger partial charge on any atom is -0.454 e. The van der Waals surface area contributed by atoms with Gasteiger partial charge in [-0.25, -0.2) is 4.39 Å². The van der Waals surface area contributed by atoms with Gasteiger partial charge >= 0.3 is 0 Å². The SMILES string of the molecule is CN=C(NCc1ccc2c(c1)OCO2)NCC1(c2ccc(F)cc2)CC1.I. The van der Waals surface area contributed by atoms with Gasteiger partial charge in [0.1, 0.15) is 5.82 Å². The molecule has 1 aliphatic heterocycles. The molecule has 2 N–H and O–H groups in total. The number of rotatable bonds is 5. The van der Waals surface area contributed by atoms with Gasteiger partial charge in [-0.2, -0.15) is 0 Å². The molecule has 0 bridgehead atoms. The predicted octanol–water partition coefficient (Wildman–Crippen LogP) is 3.57. The molecule has 1 aliphatic carbocycles. The lowest BCUT2D eigenvalue weighted by molar-refractivity contribution is 0.174. The van der Waals surface area contributed by atoms with Crippen LogP contribution in [0.25, 0.3) is 0 Å². The van der Waals surface area contributed by atoms with Crippen molar-refractivity contribution in [1.82, 2.24) is 10.6 Å². The van der Waals surface area contributed by atoms with Crippen LogP contribution in [0.3, 0.4) is 0 Å². The molecule has 0 radical (unpaired) electrons. The third kappa shape index (κ3) is 4.45. The molecule has 2 aromatic rings. The number of guanidine groups is 1. The summed E-state index contributed by atoms with van der Waals surface area (Å²) in [7, 11) is 1.76. The molecule has 1 saturated carbocycles. The third-order valence-corrected chi connectivity index (χ3v) is 5.02. The molecule has 0 unspecified atom stereocenters. The van der Waals surface area contributed by atoms with E-state index in [4.69, 9.17) is 9.47 Å². The van der Waals surface area contributed by atoms with Gasteiger partial charge in [0.05, 0.1) is 0 Å². The normalized spacial score (nSPS) is 16.4. The van der Waals surface area contributed by atoms with Crippen molar-refractivity contribution in [2.75, 3.05) is 20.4 Å². The van der Waals surface area contributed by atoms with Crippen LogP contribution >= 0.6 is 24.0 Å². The van der Waals surface area contributed by atoms with E-state index in [2.05, 4.69) is 15.6 Å². The molecule has 2 aliphatic rings. The van der Waals surface area contributed by atoms with E-state index in [9.17, 15) is 4.39 Å². The molecule has 1 fully saturated rings. The molecule has 1 heterocycles. The number of fused-ring (bicyclic) bond motifs is 1. The second-order valence-electron chi connectivity index (χ2n) is 6.75. The Balaban J connectivity index is 0.00000210. The lowest BCUT2D eigenvalue weighted by atomic mass is 9.96.